The van der Waals surface area contributed by atoms with Gasteiger partial charge in [0.25, 0.3) is 0 Å². The van der Waals surface area contributed by atoms with Crippen molar-refractivity contribution in [3.63, 3.8) is 0 Å². The summed E-state index contributed by atoms with van der Waals surface area (Å²) in [6, 6.07) is 2.72. The molecule has 0 atom stereocenters. The van der Waals surface area contributed by atoms with Gasteiger partial charge in [-0.05, 0) is 13.0 Å². The quantitative estimate of drug-likeness (QED) is 0.442. The van der Waals surface area contributed by atoms with Crippen LogP contribution < -0.4 is 4.74 Å². The number of ether oxygens (including phenoxy) is 1. The zero-order valence-corrected chi connectivity index (χ0v) is 13.5. The molecule has 1 aromatic carbocycles. The Balaban J connectivity index is 3.06. The maximum absolute atomic E-state index is 11.6. The van der Waals surface area contributed by atoms with Crippen LogP contribution in [-0.2, 0) is 4.79 Å². The summed E-state index contributed by atoms with van der Waals surface area (Å²) in [4.78, 5) is 34.9. The molecule has 1 aromatic rings. The summed E-state index contributed by atoms with van der Waals surface area (Å²) in [6.45, 7) is 1.25. The molecule has 0 unspecified atom stereocenters. The topological polar surface area (TPSA) is 89.7 Å². The van der Waals surface area contributed by atoms with Crippen LogP contribution in [0.25, 0.3) is 0 Å². The highest BCUT2D eigenvalue weighted by Gasteiger charge is 2.23. The Kier molecular flexibility index (Phi) is 5.83. The summed E-state index contributed by atoms with van der Waals surface area (Å²) >= 11 is 3.12. The van der Waals surface area contributed by atoms with E-state index < -0.39 is 4.92 Å². The summed E-state index contributed by atoms with van der Waals surface area (Å²) in [5.41, 5.74) is -0.208. The molecule has 1 rings (SSSR count). The molecule has 0 aliphatic heterocycles. The first kappa shape index (κ1) is 17.1. The minimum atomic E-state index is -0.625. The number of carbonyl (C=O) groups excluding carboxylic acids is 2. The number of halogens is 1. The largest absolute Gasteiger partial charge is 0.486 e. The SMILES string of the molecule is CC(=O)c1cc(Br)cc([N+](=O)[O-])c1OCCC(=O)N(C)C. The fourth-order valence-electron chi connectivity index (χ4n) is 1.59. The number of amides is 1. The first-order valence-corrected chi connectivity index (χ1v) is 6.85. The summed E-state index contributed by atoms with van der Waals surface area (Å²) in [7, 11) is 3.21. The summed E-state index contributed by atoms with van der Waals surface area (Å²) in [5, 5.41) is 11.1. The molecule has 7 nitrogen and oxygen atoms in total. The Hall–Kier alpha value is -1.96. The predicted octanol–water partition coefficient (Wildman–Crippen LogP) is 2.42. The molecule has 0 N–H and O–H groups in total. The third kappa shape index (κ3) is 4.52. The van der Waals surface area contributed by atoms with Crippen molar-refractivity contribution in [3.8, 4) is 5.75 Å². The first-order chi connectivity index (χ1) is 9.73. The predicted molar refractivity (Wildman–Crippen MR) is 79.6 cm³/mol. The maximum atomic E-state index is 11.6. The van der Waals surface area contributed by atoms with Crippen molar-refractivity contribution in [1.29, 1.82) is 0 Å². The fraction of sp³-hybridized carbons (Fsp3) is 0.385. The molecule has 0 bridgehead atoms. The number of nitrogens with zero attached hydrogens (tertiary/aromatic N) is 2. The number of benzene rings is 1. The van der Waals surface area contributed by atoms with E-state index in [0.717, 1.165) is 0 Å². The van der Waals surface area contributed by atoms with Crippen molar-refractivity contribution >= 4 is 33.3 Å². The van der Waals surface area contributed by atoms with E-state index in [0.29, 0.717) is 4.47 Å². The molecule has 114 valence electrons. The molecule has 0 aromatic heterocycles. The van der Waals surface area contributed by atoms with Crippen LogP contribution >= 0.6 is 15.9 Å². The molecular formula is C13H15BrN2O5. The Labute approximate surface area is 130 Å². The van der Waals surface area contributed by atoms with Crippen molar-refractivity contribution < 1.29 is 19.2 Å². The van der Waals surface area contributed by atoms with Crippen LogP contribution in [0.1, 0.15) is 23.7 Å². The van der Waals surface area contributed by atoms with Gasteiger partial charge in [-0.3, -0.25) is 19.7 Å². The van der Waals surface area contributed by atoms with Gasteiger partial charge in [-0.2, -0.15) is 0 Å². The molecular weight excluding hydrogens is 344 g/mol. The monoisotopic (exact) mass is 358 g/mol. The minimum Gasteiger partial charge on any atom is -0.486 e. The molecule has 0 spiro atoms. The van der Waals surface area contributed by atoms with E-state index in [4.69, 9.17) is 4.74 Å². The van der Waals surface area contributed by atoms with Crippen molar-refractivity contribution in [3.05, 3.63) is 32.3 Å². The molecule has 0 heterocycles. The number of rotatable bonds is 6. The summed E-state index contributed by atoms with van der Waals surface area (Å²) in [5.74, 6) is -0.630. The van der Waals surface area contributed by atoms with Gasteiger partial charge in [0.05, 0.1) is 23.5 Å². The molecule has 0 saturated heterocycles. The molecule has 21 heavy (non-hydrogen) atoms. The number of Topliss-reactive ketones (excluding diaryl/α,β-unsaturated/α-hetero) is 1. The van der Waals surface area contributed by atoms with E-state index in [1.807, 2.05) is 0 Å². The van der Waals surface area contributed by atoms with Gasteiger partial charge < -0.3 is 9.64 Å². The second kappa shape index (κ2) is 7.16. The standard InChI is InChI=1S/C13H15BrN2O5/c1-8(17)10-6-9(14)7-11(16(19)20)13(10)21-5-4-12(18)15(2)3/h6-7H,4-5H2,1-3H3. The number of nitro groups is 1. The van der Waals surface area contributed by atoms with E-state index in [9.17, 15) is 19.7 Å². The lowest BCUT2D eigenvalue weighted by Gasteiger charge is -2.13. The zero-order chi connectivity index (χ0) is 16.2. The van der Waals surface area contributed by atoms with E-state index >= 15 is 0 Å². The van der Waals surface area contributed by atoms with Crippen molar-refractivity contribution in [1.82, 2.24) is 4.90 Å². The number of nitro benzene ring substituents is 1. The Morgan fingerprint density at radius 1 is 1.38 bits per heavy atom. The molecule has 0 aliphatic carbocycles. The van der Waals surface area contributed by atoms with Gasteiger partial charge in [-0.15, -0.1) is 0 Å². The van der Waals surface area contributed by atoms with Crippen molar-refractivity contribution in [2.45, 2.75) is 13.3 Å². The number of hydrogen-bond donors (Lipinski definition) is 0. The Morgan fingerprint density at radius 2 is 2.00 bits per heavy atom. The van der Waals surface area contributed by atoms with Crippen LogP contribution in [0, 0.1) is 10.1 Å². The molecule has 0 aliphatic rings. The van der Waals surface area contributed by atoms with Gasteiger partial charge in [0.15, 0.2) is 5.78 Å². The Morgan fingerprint density at radius 3 is 2.48 bits per heavy atom. The molecule has 0 fully saturated rings. The molecule has 0 saturated carbocycles. The maximum Gasteiger partial charge on any atom is 0.312 e. The third-order valence-electron chi connectivity index (χ3n) is 2.67. The van der Waals surface area contributed by atoms with E-state index in [1.165, 1.54) is 24.0 Å². The highest BCUT2D eigenvalue weighted by atomic mass is 79.9. The number of carbonyl (C=O) groups is 2. The second-order valence-corrected chi connectivity index (χ2v) is 5.42. The number of hydrogen-bond acceptors (Lipinski definition) is 5. The van der Waals surface area contributed by atoms with Crippen molar-refractivity contribution in [2.24, 2.45) is 0 Å². The van der Waals surface area contributed by atoms with Crippen LogP contribution in [0.5, 0.6) is 5.75 Å². The number of ketones is 1. The smallest absolute Gasteiger partial charge is 0.312 e. The van der Waals surface area contributed by atoms with Gasteiger partial charge in [0, 0.05) is 24.6 Å². The van der Waals surface area contributed by atoms with E-state index in [1.54, 1.807) is 14.1 Å². The summed E-state index contributed by atoms with van der Waals surface area (Å²) in [6.07, 6.45) is 0.0670. The van der Waals surface area contributed by atoms with Gasteiger partial charge in [0.1, 0.15) is 0 Å². The highest BCUT2D eigenvalue weighted by molar-refractivity contribution is 9.10. The fourth-order valence-corrected chi connectivity index (χ4v) is 2.04. The normalized spacial score (nSPS) is 10.1. The molecule has 8 heteroatoms. The second-order valence-electron chi connectivity index (χ2n) is 4.50. The van der Waals surface area contributed by atoms with Crippen LogP contribution in [0.3, 0.4) is 0 Å². The van der Waals surface area contributed by atoms with Crippen LogP contribution in [0.2, 0.25) is 0 Å². The van der Waals surface area contributed by atoms with Gasteiger partial charge in [0.2, 0.25) is 11.7 Å². The first-order valence-electron chi connectivity index (χ1n) is 6.06. The molecule has 1 amide bonds. The average Bonchev–Trinajstić information content (AvgIpc) is 2.38. The Bertz CT molecular complexity index is 551. The third-order valence-corrected chi connectivity index (χ3v) is 3.13. The average molecular weight is 359 g/mol. The van der Waals surface area contributed by atoms with E-state index in [2.05, 4.69) is 15.9 Å². The van der Waals surface area contributed by atoms with Gasteiger partial charge in [-0.25, -0.2) is 0 Å². The lowest BCUT2D eigenvalue weighted by molar-refractivity contribution is -0.386. The van der Waals surface area contributed by atoms with Crippen LogP contribution in [0.15, 0.2) is 16.6 Å². The minimum absolute atomic E-state index is 0.0419. The van der Waals surface area contributed by atoms with Crippen molar-refractivity contribution in [2.75, 3.05) is 20.7 Å². The van der Waals surface area contributed by atoms with Crippen LogP contribution in [0.4, 0.5) is 5.69 Å². The van der Waals surface area contributed by atoms with Gasteiger partial charge in [-0.1, -0.05) is 15.9 Å². The highest BCUT2D eigenvalue weighted by Crippen LogP contribution is 2.35. The van der Waals surface area contributed by atoms with Gasteiger partial charge >= 0.3 is 5.69 Å². The lowest BCUT2D eigenvalue weighted by atomic mass is 10.1. The molecule has 0 radical (unpaired) electrons. The van der Waals surface area contributed by atoms with Crippen LogP contribution in [-0.4, -0.2) is 42.2 Å². The lowest BCUT2D eigenvalue weighted by Crippen LogP contribution is -2.23. The van der Waals surface area contributed by atoms with E-state index in [-0.39, 0.29) is 41.7 Å². The zero-order valence-electron chi connectivity index (χ0n) is 11.9. The summed E-state index contributed by atoms with van der Waals surface area (Å²) < 4.78 is 5.75.